The minimum atomic E-state index is -0.311. The SMILES string of the molecule is N#CCC1(n2cc(-c3ncnc4[nH]ccc34)cn2)CN(C2CCN(C(=O)C3CCCC3)CC2)C1. The summed E-state index contributed by atoms with van der Waals surface area (Å²) in [5.41, 5.74) is 2.27. The Morgan fingerprint density at radius 3 is 2.74 bits per heavy atom. The summed E-state index contributed by atoms with van der Waals surface area (Å²) in [7, 11) is 0. The average Bonchev–Trinajstić information content (AvgIpc) is 3.62. The van der Waals surface area contributed by atoms with Gasteiger partial charge in [-0.1, -0.05) is 12.8 Å². The van der Waals surface area contributed by atoms with Gasteiger partial charge in [0, 0.05) is 61.5 Å². The Kier molecular flexibility index (Phi) is 5.33. The third kappa shape index (κ3) is 3.57. The maximum Gasteiger partial charge on any atom is 0.225 e. The van der Waals surface area contributed by atoms with E-state index in [1.54, 1.807) is 6.33 Å². The lowest BCUT2D eigenvalue weighted by Gasteiger charge is -2.53. The van der Waals surface area contributed by atoms with Crippen molar-refractivity contribution in [2.24, 2.45) is 5.92 Å². The minimum Gasteiger partial charge on any atom is -0.346 e. The van der Waals surface area contributed by atoms with Gasteiger partial charge in [-0.2, -0.15) is 10.4 Å². The molecule has 3 aromatic rings. The van der Waals surface area contributed by atoms with Crippen molar-refractivity contribution in [1.29, 1.82) is 5.26 Å². The van der Waals surface area contributed by atoms with E-state index in [2.05, 4.69) is 35.9 Å². The zero-order valence-electron chi connectivity index (χ0n) is 19.4. The quantitative estimate of drug-likeness (QED) is 0.630. The molecule has 3 fully saturated rings. The van der Waals surface area contributed by atoms with Gasteiger partial charge in [0.15, 0.2) is 0 Å². The number of carbonyl (C=O) groups excluding carboxylic acids is 1. The van der Waals surface area contributed by atoms with Crippen LogP contribution in [0.5, 0.6) is 0 Å². The van der Waals surface area contributed by atoms with Crippen LogP contribution in [0.3, 0.4) is 0 Å². The van der Waals surface area contributed by atoms with Crippen molar-refractivity contribution in [3.63, 3.8) is 0 Å². The molecule has 0 unspecified atom stereocenters. The predicted octanol–water partition coefficient (Wildman–Crippen LogP) is 2.93. The molecule has 9 nitrogen and oxygen atoms in total. The van der Waals surface area contributed by atoms with E-state index in [-0.39, 0.29) is 11.5 Å². The van der Waals surface area contributed by atoms with Gasteiger partial charge in [-0.15, -0.1) is 0 Å². The highest BCUT2D eigenvalue weighted by atomic mass is 16.2. The number of carbonyl (C=O) groups is 1. The van der Waals surface area contributed by atoms with Crippen molar-refractivity contribution < 1.29 is 4.79 Å². The van der Waals surface area contributed by atoms with E-state index in [1.165, 1.54) is 12.8 Å². The van der Waals surface area contributed by atoms with Gasteiger partial charge in [0.25, 0.3) is 0 Å². The number of amides is 1. The van der Waals surface area contributed by atoms with Crippen molar-refractivity contribution in [3.8, 4) is 17.3 Å². The molecule has 2 aliphatic heterocycles. The summed E-state index contributed by atoms with van der Waals surface area (Å²) in [5.74, 6) is 0.643. The summed E-state index contributed by atoms with van der Waals surface area (Å²) < 4.78 is 1.97. The number of aromatic nitrogens is 5. The van der Waals surface area contributed by atoms with Gasteiger partial charge in [0.05, 0.1) is 24.4 Å². The van der Waals surface area contributed by atoms with E-state index < -0.39 is 0 Å². The van der Waals surface area contributed by atoms with Gasteiger partial charge in [-0.05, 0) is 31.7 Å². The lowest BCUT2D eigenvalue weighted by molar-refractivity contribution is -0.137. The van der Waals surface area contributed by atoms with Crippen molar-refractivity contribution in [2.75, 3.05) is 26.2 Å². The molecule has 9 heteroatoms. The molecular weight excluding hydrogens is 428 g/mol. The lowest BCUT2D eigenvalue weighted by atomic mass is 9.83. The summed E-state index contributed by atoms with van der Waals surface area (Å²) in [6, 6.07) is 4.83. The smallest absolute Gasteiger partial charge is 0.225 e. The van der Waals surface area contributed by atoms with E-state index in [0.717, 1.165) is 74.2 Å². The van der Waals surface area contributed by atoms with E-state index in [0.29, 0.717) is 18.4 Å². The summed E-state index contributed by atoms with van der Waals surface area (Å²) >= 11 is 0. The van der Waals surface area contributed by atoms with Crippen LogP contribution in [-0.4, -0.2) is 72.7 Å². The number of aromatic amines is 1. The highest BCUT2D eigenvalue weighted by molar-refractivity contribution is 5.90. The molecule has 0 atom stereocenters. The molecule has 176 valence electrons. The highest BCUT2D eigenvalue weighted by Gasteiger charge is 2.48. The third-order valence-corrected chi connectivity index (χ3v) is 8.10. The third-order valence-electron chi connectivity index (χ3n) is 8.10. The number of fused-ring (bicyclic) bond motifs is 1. The standard InChI is InChI=1S/C25H30N8O/c26-9-8-25(33-14-19(13-30-33)22-21-5-10-27-23(21)29-17-28-22)15-32(16-25)20-6-11-31(12-7-20)24(34)18-3-1-2-4-18/h5,10,13-14,17-18,20H,1-4,6-8,11-12,15-16H2,(H,27,28,29). The monoisotopic (exact) mass is 458 g/mol. The largest absolute Gasteiger partial charge is 0.346 e. The maximum atomic E-state index is 12.8. The first kappa shape index (κ1) is 21.3. The van der Waals surface area contributed by atoms with Gasteiger partial charge in [0.1, 0.15) is 17.5 Å². The first-order valence-corrected chi connectivity index (χ1v) is 12.4. The number of likely N-dealkylation sites (tertiary alicyclic amines) is 2. The molecule has 1 amide bonds. The fraction of sp³-hybridized carbons (Fsp3) is 0.560. The van der Waals surface area contributed by atoms with Gasteiger partial charge < -0.3 is 9.88 Å². The van der Waals surface area contributed by atoms with Crippen molar-refractivity contribution in [2.45, 2.75) is 56.5 Å². The van der Waals surface area contributed by atoms with Crippen LogP contribution in [0.1, 0.15) is 44.9 Å². The van der Waals surface area contributed by atoms with Crippen LogP contribution >= 0.6 is 0 Å². The van der Waals surface area contributed by atoms with E-state index >= 15 is 0 Å². The number of hydrogen-bond acceptors (Lipinski definition) is 6. The van der Waals surface area contributed by atoms with Crippen molar-refractivity contribution in [1.82, 2.24) is 34.5 Å². The van der Waals surface area contributed by atoms with Crippen LogP contribution in [0, 0.1) is 17.2 Å². The van der Waals surface area contributed by atoms with Crippen molar-refractivity contribution in [3.05, 3.63) is 31.0 Å². The summed E-state index contributed by atoms with van der Waals surface area (Å²) in [6.07, 6.45) is 14.3. The number of nitrogens with zero attached hydrogens (tertiary/aromatic N) is 7. The lowest BCUT2D eigenvalue weighted by Crippen LogP contribution is -2.66. The normalized spacial score (nSPS) is 21.6. The van der Waals surface area contributed by atoms with Gasteiger partial charge in [-0.3, -0.25) is 14.4 Å². The molecule has 34 heavy (non-hydrogen) atoms. The Morgan fingerprint density at radius 2 is 1.97 bits per heavy atom. The zero-order valence-corrected chi connectivity index (χ0v) is 19.4. The van der Waals surface area contributed by atoms with E-state index in [4.69, 9.17) is 0 Å². The second-order valence-corrected chi connectivity index (χ2v) is 10.1. The van der Waals surface area contributed by atoms with Crippen LogP contribution in [0.2, 0.25) is 0 Å². The molecule has 1 N–H and O–H groups in total. The van der Waals surface area contributed by atoms with Gasteiger partial charge in [-0.25, -0.2) is 9.97 Å². The molecule has 2 saturated heterocycles. The van der Waals surface area contributed by atoms with E-state index in [1.807, 2.05) is 29.3 Å². The minimum absolute atomic E-state index is 0.264. The molecule has 5 heterocycles. The topological polar surface area (TPSA) is 107 Å². The average molecular weight is 459 g/mol. The second-order valence-electron chi connectivity index (χ2n) is 10.1. The van der Waals surface area contributed by atoms with Crippen LogP contribution < -0.4 is 0 Å². The number of rotatable bonds is 5. The van der Waals surface area contributed by atoms with Crippen LogP contribution in [0.25, 0.3) is 22.3 Å². The molecule has 0 radical (unpaired) electrons. The maximum absolute atomic E-state index is 12.8. The molecule has 3 aliphatic rings. The van der Waals surface area contributed by atoms with Crippen molar-refractivity contribution >= 4 is 16.9 Å². The number of nitrogens with one attached hydrogen (secondary N) is 1. The Bertz CT molecular complexity index is 1220. The molecular formula is C25H30N8O. The number of nitriles is 1. The van der Waals surface area contributed by atoms with E-state index in [9.17, 15) is 10.1 Å². The zero-order chi connectivity index (χ0) is 23.1. The predicted molar refractivity (Wildman–Crippen MR) is 126 cm³/mol. The fourth-order valence-electron chi connectivity index (χ4n) is 6.14. The Hall–Kier alpha value is -3.25. The summed E-state index contributed by atoms with van der Waals surface area (Å²) in [4.78, 5) is 29.2. The second kappa shape index (κ2) is 8.51. The first-order chi connectivity index (χ1) is 16.7. The van der Waals surface area contributed by atoms with Gasteiger partial charge in [0.2, 0.25) is 5.91 Å². The van der Waals surface area contributed by atoms with Crippen LogP contribution in [0.15, 0.2) is 31.0 Å². The summed E-state index contributed by atoms with van der Waals surface area (Å²) in [6.45, 7) is 3.33. The first-order valence-electron chi connectivity index (χ1n) is 12.4. The number of hydrogen-bond donors (Lipinski definition) is 1. The molecule has 6 rings (SSSR count). The number of H-pyrrole nitrogens is 1. The molecule has 0 bridgehead atoms. The van der Waals surface area contributed by atoms with Crippen LogP contribution in [0.4, 0.5) is 0 Å². The molecule has 3 aromatic heterocycles. The molecule has 1 aliphatic carbocycles. The van der Waals surface area contributed by atoms with Gasteiger partial charge >= 0.3 is 0 Å². The fourth-order valence-corrected chi connectivity index (χ4v) is 6.14. The van der Waals surface area contributed by atoms with Crippen LogP contribution in [-0.2, 0) is 10.3 Å². The Balaban J connectivity index is 1.13. The number of piperidine rings is 1. The Labute approximate surface area is 198 Å². The molecule has 0 aromatic carbocycles. The molecule has 0 spiro atoms. The Morgan fingerprint density at radius 1 is 1.18 bits per heavy atom. The highest BCUT2D eigenvalue weighted by Crippen LogP contribution is 2.37. The molecule has 1 saturated carbocycles. The summed E-state index contributed by atoms with van der Waals surface area (Å²) in [5, 5.41) is 15.2.